The number of ether oxygens (including phenoxy) is 1. The fourth-order valence-electron chi connectivity index (χ4n) is 5.03. The van der Waals surface area contributed by atoms with Gasteiger partial charge in [-0.15, -0.1) is 6.58 Å². The van der Waals surface area contributed by atoms with E-state index in [0.29, 0.717) is 0 Å². The summed E-state index contributed by atoms with van der Waals surface area (Å²) in [7, 11) is 0.185. The van der Waals surface area contributed by atoms with Crippen molar-refractivity contribution in [1.29, 1.82) is 0 Å². The lowest BCUT2D eigenvalue weighted by atomic mass is 9.64. The summed E-state index contributed by atoms with van der Waals surface area (Å²) in [5.41, 5.74) is 2.25. The summed E-state index contributed by atoms with van der Waals surface area (Å²) < 4.78 is 16.0. The van der Waals surface area contributed by atoms with Gasteiger partial charge in [-0.3, -0.25) is 0 Å². The van der Waals surface area contributed by atoms with Crippen LogP contribution in [0.4, 0.5) is 0 Å². The van der Waals surface area contributed by atoms with Crippen molar-refractivity contribution in [1.82, 2.24) is 4.57 Å². The first-order chi connectivity index (χ1) is 14.2. The average Bonchev–Trinajstić information content (AvgIpc) is 2.97. The maximum atomic E-state index is 7.05. The first-order valence-corrected chi connectivity index (χ1v) is 14.4. The van der Waals surface area contributed by atoms with E-state index in [2.05, 4.69) is 109 Å². The minimum absolute atomic E-state index is 0.0739. The molecule has 168 valence electrons. The van der Waals surface area contributed by atoms with E-state index in [9.17, 15) is 0 Å². The molecule has 0 radical (unpaired) electrons. The van der Waals surface area contributed by atoms with Gasteiger partial charge in [0.15, 0.2) is 8.32 Å². The first kappa shape index (κ1) is 22.4. The minimum Gasteiger partial charge on any atom is -0.461 e. The molecular formula is C27H39NO2Si. The molecule has 2 heterocycles. The van der Waals surface area contributed by atoms with Crippen LogP contribution in [0, 0.1) is 11.3 Å². The lowest BCUT2D eigenvalue weighted by Crippen LogP contribution is -2.51. The van der Waals surface area contributed by atoms with E-state index in [-0.39, 0.29) is 27.9 Å². The number of rotatable bonds is 3. The summed E-state index contributed by atoms with van der Waals surface area (Å²) in [6.45, 7) is 22.8. The average molecular weight is 438 g/mol. The van der Waals surface area contributed by atoms with Crippen LogP contribution in [-0.4, -0.2) is 19.0 Å². The number of nitrogens with zero attached hydrogens (tertiary/aromatic N) is 1. The summed E-state index contributed by atoms with van der Waals surface area (Å²) in [5, 5.41) is 1.41. The standard InChI is InChI=1S/C27H39NO2Si/c1-11-27(7)16-22-18(15-23(27)30-31(9,10)25(2,3)4)26(5,6)19-17-28(8)20-13-12-14-21(29-22)24(19)20/h11-14,16-18,23H,1,15H2,2-10H3/t18?,23-,27-/m0/s1. The molecule has 1 aliphatic carbocycles. The van der Waals surface area contributed by atoms with Crippen molar-refractivity contribution in [3.05, 3.63) is 54.4 Å². The second-order valence-corrected chi connectivity index (χ2v) is 16.7. The molecule has 3 atom stereocenters. The Labute approximate surface area is 189 Å². The highest BCUT2D eigenvalue weighted by atomic mass is 28.4. The summed E-state index contributed by atoms with van der Waals surface area (Å²) in [5.74, 6) is 2.27. The summed E-state index contributed by atoms with van der Waals surface area (Å²) >= 11 is 0. The smallest absolute Gasteiger partial charge is 0.192 e. The highest BCUT2D eigenvalue weighted by Crippen LogP contribution is 2.54. The second kappa shape index (κ2) is 6.86. The molecule has 0 spiro atoms. The molecule has 1 aliphatic heterocycles. The van der Waals surface area contributed by atoms with Gasteiger partial charge in [0, 0.05) is 35.4 Å². The van der Waals surface area contributed by atoms with Gasteiger partial charge in [-0.1, -0.05) is 53.7 Å². The Balaban J connectivity index is 1.85. The Kier molecular flexibility index (Phi) is 4.96. The minimum atomic E-state index is -1.94. The summed E-state index contributed by atoms with van der Waals surface area (Å²) in [6, 6.07) is 6.38. The van der Waals surface area contributed by atoms with Crippen LogP contribution in [0.15, 0.2) is 48.9 Å². The molecule has 0 amide bonds. The van der Waals surface area contributed by atoms with E-state index in [1.54, 1.807) is 0 Å². The Bertz CT molecular complexity index is 1070. The van der Waals surface area contributed by atoms with Gasteiger partial charge in [-0.25, -0.2) is 0 Å². The van der Waals surface area contributed by atoms with Gasteiger partial charge < -0.3 is 13.7 Å². The zero-order valence-corrected chi connectivity index (χ0v) is 21.8. The third-order valence-corrected chi connectivity index (χ3v) is 12.9. The van der Waals surface area contributed by atoms with Crippen LogP contribution in [-0.2, 0) is 16.9 Å². The Morgan fingerprint density at radius 3 is 2.52 bits per heavy atom. The van der Waals surface area contributed by atoms with Crippen molar-refractivity contribution < 1.29 is 9.16 Å². The number of hydrogen-bond acceptors (Lipinski definition) is 2. The van der Waals surface area contributed by atoms with E-state index in [1.165, 1.54) is 16.5 Å². The monoisotopic (exact) mass is 437 g/mol. The van der Waals surface area contributed by atoms with E-state index in [4.69, 9.17) is 9.16 Å². The quantitative estimate of drug-likeness (QED) is 0.370. The predicted octanol–water partition coefficient (Wildman–Crippen LogP) is 7.33. The highest BCUT2D eigenvalue weighted by Gasteiger charge is 2.50. The van der Waals surface area contributed by atoms with Crippen LogP contribution in [0.2, 0.25) is 18.1 Å². The fraction of sp³-hybridized carbons (Fsp3) is 0.556. The van der Waals surface area contributed by atoms with Crippen LogP contribution in [0.5, 0.6) is 5.75 Å². The van der Waals surface area contributed by atoms with Crippen molar-refractivity contribution in [2.75, 3.05) is 0 Å². The molecule has 0 fully saturated rings. The van der Waals surface area contributed by atoms with E-state index >= 15 is 0 Å². The second-order valence-electron chi connectivity index (χ2n) is 11.9. The molecule has 4 heteroatoms. The predicted molar refractivity (Wildman–Crippen MR) is 133 cm³/mol. The molecule has 3 nitrogen and oxygen atoms in total. The van der Waals surface area contributed by atoms with Gasteiger partial charge in [-0.05, 0) is 48.3 Å². The molecule has 1 aromatic carbocycles. The topological polar surface area (TPSA) is 23.4 Å². The molecule has 1 aromatic heterocycles. The van der Waals surface area contributed by atoms with Crippen LogP contribution in [0.25, 0.3) is 10.9 Å². The third-order valence-electron chi connectivity index (χ3n) is 8.39. The van der Waals surface area contributed by atoms with Crippen LogP contribution in [0.1, 0.15) is 53.5 Å². The van der Waals surface area contributed by atoms with Crippen molar-refractivity contribution >= 4 is 19.2 Å². The number of benzene rings is 1. The lowest BCUT2D eigenvalue weighted by Gasteiger charge is -2.49. The van der Waals surface area contributed by atoms with Crippen molar-refractivity contribution in [3.63, 3.8) is 0 Å². The lowest BCUT2D eigenvalue weighted by molar-refractivity contribution is 0.0514. The van der Waals surface area contributed by atoms with Crippen molar-refractivity contribution in [2.45, 2.75) is 77.6 Å². The molecule has 0 N–H and O–H groups in total. The third kappa shape index (κ3) is 3.34. The fourth-order valence-corrected chi connectivity index (χ4v) is 6.45. The molecule has 0 saturated heterocycles. The van der Waals surface area contributed by atoms with Crippen LogP contribution < -0.4 is 4.74 Å². The van der Waals surface area contributed by atoms with E-state index in [1.807, 2.05) is 0 Å². The number of aromatic nitrogens is 1. The summed E-state index contributed by atoms with van der Waals surface area (Å²) in [6.07, 6.45) is 7.67. The Hall–Kier alpha value is -1.78. The molecule has 1 unspecified atom stereocenters. The van der Waals surface area contributed by atoms with E-state index < -0.39 is 8.32 Å². The van der Waals surface area contributed by atoms with Crippen LogP contribution >= 0.6 is 0 Å². The van der Waals surface area contributed by atoms with Gasteiger partial charge in [0.2, 0.25) is 0 Å². The number of fused-ring (bicyclic) bond motifs is 1. The largest absolute Gasteiger partial charge is 0.461 e. The zero-order chi connectivity index (χ0) is 23.0. The van der Waals surface area contributed by atoms with Gasteiger partial charge in [0.25, 0.3) is 0 Å². The number of aryl methyl sites for hydroxylation is 1. The van der Waals surface area contributed by atoms with Gasteiger partial charge >= 0.3 is 0 Å². The van der Waals surface area contributed by atoms with Gasteiger partial charge in [0.05, 0.1) is 11.6 Å². The van der Waals surface area contributed by atoms with Crippen LogP contribution in [0.3, 0.4) is 0 Å². The molecular weight excluding hydrogens is 398 g/mol. The zero-order valence-electron chi connectivity index (χ0n) is 20.8. The SMILES string of the molecule is C=C[C@@]1(C)C=C2Oc3cccc4c3c(cn4C)C(C)(C)C2C[C@@H]1O[Si](C)(C)C(C)(C)C. The summed E-state index contributed by atoms with van der Waals surface area (Å²) in [4.78, 5) is 0. The highest BCUT2D eigenvalue weighted by molar-refractivity contribution is 6.74. The van der Waals surface area contributed by atoms with Crippen molar-refractivity contribution in [2.24, 2.45) is 18.4 Å². The first-order valence-electron chi connectivity index (χ1n) is 11.5. The molecule has 0 saturated carbocycles. The molecule has 2 aromatic rings. The van der Waals surface area contributed by atoms with Gasteiger partial charge in [0.1, 0.15) is 11.5 Å². The Morgan fingerprint density at radius 2 is 1.90 bits per heavy atom. The normalized spacial score (nSPS) is 27.8. The molecule has 31 heavy (non-hydrogen) atoms. The van der Waals surface area contributed by atoms with Gasteiger partial charge in [-0.2, -0.15) is 0 Å². The van der Waals surface area contributed by atoms with Crippen molar-refractivity contribution in [3.8, 4) is 5.75 Å². The maximum Gasteiger partial charge on any atom is 0.192 e. The molecule has 2 aliphatic rings. The molecule has 0 bridgehead atoms. The molecule has 4 rings (SSSR count). The Morgan fingerprint density at radius 1 is 1.23 bits per heavy atom. The number of hydrogen-bond donors (Lipinski definition) is 0. The number of allylic oxidation sites excluding steroid dienone is 1. The maximum absolute atomic E-state index is 7.05. The van der Waals surface area contributed by atoms with E-state index in [0.717, 1.165) is 17.9 Å².